The van der Waals surface area contributed by atoms with E-state index in [1.54, 1.807) is 0 Å². The van der Waals surface area contributed by atoms with E-state index in [4.69, 9.17) is 0 Å². The second kappa shape index (κ2) is 8.13. The normalized spacial score (nSPS) is 11.3. The van der Waals surface area contributed by atoms with Crippen LogP contribution in [-0.4, -0.2) is 21.5 Å². The van der Waals surface area contributed by atoms with Gasteiger partial charge in [0.15, 0.2) is 10.9 Å². The molecule has 0 saturated heterocycles. The molecule has 152 valence electrons. The minimum Gasteiger partial charge on any atom is -0.301 e. The first-order chi connectivity index (χ1) is 15.1. The van der Waals surface area contributed by atoms with Crippen molar-refractivity contribution in [2.75, 3.05) is 5.75 Å². The number of carbonyl (C=O) groups excluding carboxylic acids is 1. The van der Waals surface area contributed by atoms with Gasteiger partial charge in [-0.25, -0.2) is 4.98 Å². The summed E-state index contributed by atoms with van der Waals surface area (Å²) >= 11 is 2.76. The zero-order valence-corrected chi connectivity index (χ0v) is 18.3. The lowest BCUT2D eigenvalue weighted by molar-refractivity contribution is 0.102. The summed E-state index contributed by atoms with van der Waals surface area (Å²) in [5.41, 5.74) is 2.42. The minimum absolute atomic E-state index is 0.00540. The van der Waals surface area contributed by atoms with Crippen molar-refractivity contribution >= 4 is 49.9 Å². The molecule has 3 aromatic carbocycles. The highest BCUT2D eigenvalue weighted by Crippen LogP contribution is 2.35. The molecule has 1 N–H and O–H groups in total. The van der Waals surface area contributed by atoms with Crippen LogP contribution in [0.15, 0.2) is 82.7 Å². The second-order valence-corrected chi connectivity index (χ2v) is 9.39. The maximum absolute atomic E-state index is 12.9. The molecule has 4 nitrogen and oxygen atoms in total. The standard InChI is InChI=1S/C25H18N2O2S2/c1-15-21(17-8-3-2-4-9-17)22-23(29)26-25(27-24(22)31-15)30-14-20(28)19-12-11-16-7-5-6-10-18(16)13-19/h2-13H,14H2,1H3,(H,26,27,29). The smallest absolute Gasteiger partial charge is 0.260 e. The van der Waals surface area contributed by atoms with E-state index in [-0.39, 0.29) is 17.1 Å². The molecule has 0 bridgehead atoms. The maximum atomic E-state index is 12.9. The lowest BCUT2D eigenvalue weighted by Crippen LogP contribution is -2.10. The molecule has 0 aliphatic rings. The number of Topliss-reactive ketones (excluding diaryl/α,β-unsaturated/α-hetero) is 1. The lowest BCUT2D eigenvalue weighted by Gasteiger charge is -2.04. The van der Waals surface area contributed by atoms with Crippen molar-refractivity contribution in [1.82, 2.24) is 9.97 Å². The molecule has 0 spiro atoms. The van der Waals surface area contributed by atoms with Crippen molar-refractivity contribution < 1.29 is 4.79 Å². The Labute approximate surface area is 187 Å². The monoisotopic (exact) mass is 442 g/mol. The summed E-state index contributed by atoms with van der Waals surface area (Å²) in [6.45, 7) is 2.00. The molecule has 0 fully saturated rings. The first-order valence-corrected chi connectivity index (χ1v) is 11.6. The Bertz CT molecular complexity index is 1490. The second-order valence-electron chi connectivity index (χ2n) is 7.22. The first kappa shape index (κ1) is 19.7. The molecule has 0 unspecified atom stereocenters. The summed E-state index contributed by atoms with van der Waals surface area (Å²) < 4.78 is 0. The Hall–Kier alpha value is -3.22. The zero-order valence-electron chi connectivity index (χ0n) is 16.7. The van der Waals surface area contributed by atoms with Gasteiger partial charge in [-0.2, -0.15) is 0 Å². The van der Waals surface area contributed by atoms with Gasteiger partial charge in [0.1, 0.15) is 4.83 Å². The molecule has 0 atom stereocenters. The first-order valence-electron chi connectivity index (χ1n) is 9.84. The number of nitrogens with one attached hydrogen (secondary N) is 1. The van der Waals surface area contributed by atoms with Crippen LogP contribution in [0.1, 0.15) is 15.2 Å². The predicted molar refractivity (Wildman–Crippen MR) is 129 cm³/mol. The summed E-state index contributed by atoms with van der Waals surface area (Å²) in [7, 11) is 0. The van der Waals surface area contributed by atoms with E-state index in [9.17, 15) is 9.59 Å². The number of rotatable bonds is 5. The summed E-state index contributed by atoms with van der Waals surface area (Å²) in [6.07, 6.45) is 0. The SMILES string of the molecule is Cc1sc2nc(SCC(=O)c3ccc4ccccc4c3)[nH]c(=O)c2c1-c1ccccc1. The zero-order chi connectivity index (χ0) is 21.4. The number of carbonyl (C=O) groups is 1. The van der Waals surface area contributed by atoms with Gasteiger partial charge >= 0.3 is 0 Å². The molecule has 31 heavy (non-hydrogen) atoms. The summed E-state index contributed by atoms with van der Waals surface area (Å²) in [5, 5.41) is 3.21. The summed E-state index contributed by atoms with van der Waals surface area (Å²) in [5.74, 6) is 0.216. The van der Waals surface area contributed by atoms with Gasteiger partial charge in [0, 0.05) is 16.0 Å². The molecular formula is C25H18N2O2S2. The van der Waals surface area contributed by atoms with Gasteiger partial charge in [-0.1, -0.05) is 78.5 Å². The number of thioether (sulfide) groups is 1. The lowest BCUT2D eigenvalue weighted by atomic mass is 10.0. The number of aryl methyl sites for hydroxylation is 1. The fourth-order valence-electron chi connectivity index (χ4n) is 3.70. The number of aromatic nitrogens is 2. The van der Waals surface area contributed by atoms with Crippen molar-refractivity contribution in [2.24, 2.45) is 0 Å². The average molecular weight is 443 g/mol. The number of hydrogen-bond donors (Lipinski definition) is 1. The number of hydrogen-bond acceptors (Lipinski definition) is 5. The van der Waals surface area contributed by atoms with Crippen LogP contribution in [0.5, 0.6) is 0 Å². The maximum Gasteiger partial charge on any atom is 0.260 e. The Morgan fingerprint density at radius 1 is 1.00 bits per heavy atom. The minimum atomic E-state index is -0.172. The van der Waals surface area contributed by atoms with Crippen molar-refractivity contribution in [3.8, 4) is 11.1 Å². The van der Waals surface area contributed by atoms with Crippen LogP contribution in [-0.2, 0) is 0 Å². The highest BCUT2D eigenvalue weighted by molar-refractivity contribution is 7.99. The Kier molecular flexibility index (Phi) is 5.18. The van der Waals surface area contributed by atoms with Crippen LogP contribution in [0.2, 0.25) is 0 Å². The van der Waals surface area contributed by atoms with Crippen molar-refractivity contribution in [3.63, 3.8) is 0 Å². The largest absolute Gasteiger partial charge is 0.301 e. The van der Waals surface area contributed by atoms with Crippen molar-refractivity contribution in [2.45, 2.75) is 12.1 Å². The number of thiophene rings is 1. The highest BCUT2D eigenvalue weighted by Gasteiger charge is 2.17. The number of ketones is 1. The van der Waals surface area contributed by atoms with E-state index in [0.717, 1.165) is 26.8 Å². The van der Waals surface area contributed by atoms with Crippen LogP contribution < -0.4 is 5.56 Å². The van der Waals surface area contributed by atoms with Gasteiger partial charge in [-0.05, 0) is 29.3 Å². The van der Waals surface area contributed by atoms with Crippen molar-refractivity contribution in [1.29, 1.82) is 0 Å². The molecule has 0 aliphatic carbocycles. The molecular weight excluding hydrogens is 424 g/mol. The van der Waals surface area contributed by atoms with Crippen LogP contribution >= 0.6 is 23.1 Å². The number of nitrogens with zero attached hydrogens (tertiary/aromatic N) is 1. The van der Waals surface area contributed by atoms with Gasteiger partial charge in [0.05, 0.1) is 11.1 Å². The number of benzene rings is 3. The fourth-order valence-corrected chi connectivity index (χ4v) is 5.56. The highest BCUT2D eigenvalue weighted by atomic mass is 32.2. The van der Waals surface area contributed by atoms with Gasteiger partial charge < -0.3 is 4.98 Å². The van der Waals surface area contributed by atoms with E-state index < -0.39 is 0 Å². The third-order valence-corrected chi connectivity index (χ3v) is 7.06. The molecule has 2 heterocycles. The van der Waals surface area contributed by atoms with Gasteiger partial charge in [0.25, 0.3) is 5.56 Å². The summed E-state index contributed by atoms with van der Waals surface area (Å²) in [6, 6.07) is 23.5. The van der Waals surface area contributed by atoms with E-state index in [0.29, 0.717) is 20.9 Å². The van der Waals surface area contributed by atoms with Gasteiger partial charge in [0.2, 0.25) is 0 Å². The van der Waals surface area contributed by atoms with E-state index in [1.807, 2.05) is 79.7 Å². The molecule has 5 rings (SSSR count). The van der Waals surface area contributed by atoms with Crippen LogP contribution in [0.4, 0.5) is 0 Å². The van der Waals surface area contributed by atoms with Gasteiger partial charge in [-0.15, -0.1) is 11.3 Å². The van der Waals surface area contributed by atoms with E-state index >= 15 is 0 Å². The molecule has 0 radical (unpaired) electrons. The van der Waals surface area contributed by atoms with Gasteiger partial charge in [-0.3, -0.25) is 9.59 Å². The quantitative estimate of drug-likeness (QED) is 0.203. The number of aromatic amines is 1. The molecule has 2 aromatic heterocycles. The third kappa shape index (κ3) is 3.80. The average Bonchev–Trinajstić information content (AvgIpc) is 3.14. The molecule has 0 saturated carbocycles. The topological polar surface area (TPSA) is 62.8 Å². The Morgan fingerprint density at radius 2 is 1.74 bits per heavy atom. The fraction of sp³-hybridized carbons (Fsp3) is 0.0800. The molecule has 0 amide bonds. The molecule has 0 aliphatic heterocycles. The number of H-pyrrole nitrogens is 1. The van der Waals surface area contributed by atoms with Crippen molar-refractivity contribution in [3.05, 3.63) is 93.6 Å². The van der Waals surface area contributed by atoms with Crippen LogP contribution in [0, 0.1) is 6.92 Å². The van der Waals surface area contributed by atoms with E-state index in [1.165, 1.54) is 23.1 Å². The Morgan fingerprint density at radius 3 is 2.55 bits per heavy atom. The van der Waals surface area contributed by atoms with Crippen LogP contribution in [0.3, 0.4) is 0 Å². The summed E-state index contributed by atoms with van der Waals surface area (Å²) in [4.78, 5) is 34.8. The third-order valence-electron chi connectivity index (χ3n) is 5.19. The molecule has 6 heteroatoms. The Balaban J connectivity index is 1.42. The number of fused-ring (bicyclic) bond motifs is 2. The van der Waals surface area contributed by atoms with E-state index in [2.05, 4.69) is 9.97 Å². The molecule has 5 aromatic rings. The van der Waals surface area contributed by atoms with Crippen LogP contribution in [0.25, 0.3) is 32.1 Å². The predicted octanol–water partition coefficient (Wildman–Crippen LogP) is 6.09.